The molecule has 20 nitrogen and oxygen atoms in total. The lowest BCUT2D eigenvalue weighted by atomic mass is 9.92. The zero-order chi connectivity index (χ0) is 57.9. The van der Waals surface area contributed by atoms with E-state index < -0.39 is 27.2 Å². The molecule has 8 heterocycles. The zero-order valence-corrected chi connectivity index (χ0v) is 51.3. The van der Waals surface area contributed by atoms with E-state index in [4.69, 9.17) is 39.6 Å². The van der Waals surface area contributed by atoms with Gasteiger partial charge < -0.3 is 49.7 Å². The van der Waals surface area contributed by atoms with Crippen LogP contribution in [0.4, 0.5) is 0 Å². The Kier molecular flexibility index (Phi) is 18.1. The fourth-order valence-electron chi connectivity index (χ4n) is 10.2. The lowest BCUT2D eigenvalue weighted by Gasteiger charge is -2.28. The van der Waals surface area contributed by atoms with Crippen LogP contribution in [0.1, 0.15) is 97.3 Å². The molecule has 10 rings (SSSR count). The molecular formula is C59H84N14O6Si2. The average molecular weight is 1140 g/mol. The summed E-state index contributed by atoms with van der Waals surface area (Å²) in [4.78, 5) is 48.7. The zero-order valence-electron chi connectivity index (χ0n) is 49.3. The maximum atomic E-state index is 13.4. The molecule has 2 aliphatic heterocycles. The van der Waals surface area contributed by atoms with Crippen LogP contribution >= 0.6 is 0 Å². The summed E-state index contributed by atoms with van der Waals surface area (Å²) in [7, 11) is -0.308. The van der Waals surface area contributed by atoms with E-state index in [-0.39, 0.29) is 38.5 Å². The largest absolute Gasteiger partial charge is 0.394 e. The van der Waals surface area contributed by atoms with Crippen LogP contribution in [-0.4, -0.2) is 162 Å². The van der Waals surface area contributed by atoms with Crippen molar-refractivity contribution in [3.63, 3.8) is 0 Å². The van der Waals surface area contributed by atoms with Crippen LogP contribution < -0.4 is 16.0 Å². The number of hydrogen-bond acceptors (Lipinski definition) is 14. The van der Waals surface area contributed by atoms with Crippen molar-refractivity contribution in [1.82, 2.24) is 69.5 Å². The van der Waals surface area contributed by atoms with E-state index in [9.17, 15) is 19.8 Å². The van der Waals surface area contributed by atoms with Crippen LogP contribution in [0, 0.1) is 0 Å². The Hall–Kier alpha value is -6.25. The maximum Gasteiger partial charge on any atom is 0.255 e. The summed E-state index contributed by atoms with van der Waals surface area (Å²) < 4.78 is 19.4. The van der Waals surface area contributed by atoms with E-state index in [1.54, 1.807) is 52.5 Å². The lowest BCUT2D eigenvalue weighted by molar-refractivity contribution is 0.0850. The summed E-state index contributed by atoms with van der Waals surface area (Å²) in [5.41, 5.74) is 5.39. The van der Waals surface area contributed by atoms with Crippen LogP contribution in [0.25, 0.3) is 55.8 Å². The van der Waals surface area contributed by atoms with Crippen molar-refractivity contribution in [2.75, 3.05) is 59.7 Å². The second-order valence-electron chi connectivity index (χ2n) is 25.7. The number of amides is 2. The summed E-state index contributed by atoms with van der Waals surface area (Å²) in [6.07, 6.45) is 11.1. The number of rotatable bonds is 20. The van der Waals surface area contributed by atoms with E-state index >= 15 is 0 Å². The highest BCUT2D eigenvalue weighted by Crippen LogP contribution is 2.35. The summed E-state index contributed by atoms with van der Waals surface area (Å²) in [6, 6.07) is 18.6. The van der Waals surface area contributed by atoms with Crippen LogP contribution in [0.15, 0.2) is 73.3 Å². The number of ether oxygens (including phenoxy) is 2. The number of piperidine rings is 2. The van der Waals surface area contributed by atoms with E-state index in [0.717, 1.165) is 97.1 Å². The predicted octanol–water partition coefficient (Wildman–Crippen LogP) is 8.44. The molecule has 81 heavy (non-hydrogen) atoms. The number of nitrogens with zero attached hydrogens (tertiary/aromatic N) is 11. The molecule has 8 aromatic rings. The summed E-state index contributed by atoms with van der Waals surface area (Å²) >= 11 is 0. The summed E-state index contributed by atoms with van der Waals surface area (Å²) in [6.45, 7) is 26.5. The number of aliphatic hydroxyl groups is 2. The Morgan fingerprint density at radius 2 is 1.05 bits per heavy atom. The molecule has 2 amide bonds. The van der Waals surface area contributed by atoms with Crippen LogP contribution in [-0.2, 0) is 22.9 Å². The molecule has 0 unspecified atom stereocenters. The molecule has 5 N–H and O–H groups in total. The maximum absolute atomic E-state index is 13.4. The van der Waals surface area contributed by atoms with Gasteiger partial charge >= 0.3 is 0 Å². The van der Waals surface area contributed by atoms with Gasteiger partial charge in [-0.25, -0.2) is 29.3 Å². The number of fused-ring (bicyclic) bond motifs is 4. The normalized spacial score (nSPS) is 15.5. The minimum absolute atomic E-state index is 0.187. The molecule has 2 saturated heterocycles. The highest BCUT2D eigenvalue weighted by atomic mass is 28.3. The number of carbonyl (C=O) groups is 2. The molecule has 0 atom stereocenters. The van der Waals surface area contributed by atoms with Gasteiger partial charge in [0.2, 0.25) is 0 Å². The monoisotopic (exact) mass is 1140 g/mol. The van der Waals surface area contributed by atoms with Gasteiger partial charge in [-0.05, 0) is 111 Å². The molecule has 22 heteroatoms. The van der Waals surface area contributed by atoms with Gasteiger partial charge in [-0.1, -0.05) is 75.7 Å². The van der Waals surface area contributed by atoms with Gasteiger partial charge in [-0.2, -0.15) is 10.2 Å². The standard InChI is InChI=1S/C30H43N7O3Si.C29H41N7O3Si/c1-30(2,19-38)33-29(39)23-18-36(20-40-15-16-41(4,5)6)28-27(23)32-25(17-31-28)37-24-10-8-7-9-22(24)26(34-37)21-11-13-35(3)14-12-21;1-29(2,18-37)33-28(38)22-17-35(19-39-14-15-40(3,4)5)27-26(22)32-24(16-31-27)36-23-9-7-6-8-21(23)25(34-36)20-10-12-30-13-11-20/h7-10,17-18,21,38H,11-16,19-20H2,1-6H3,(H,33,39);6-9,16-17,20,30,37H,10-15,18-19H2,1-5H3,(H,33,38). The molecular weight excluding hydrogens is 1060 g/mol. The van der Waals surface area contributed by atoms with Crippen molar-refractivity contribution in [3.8, 4) is 11.6 Å². The van der Waals surface area contributed by atoms with E-state index in [0.29, 0.717) is 70.1 Å². The second-order valence-corrected chi connectivity index (χ2v) is 37.0. The summed E-state index contributed by atoms with van der Waals surface area (Å²) in [5.74, 6) is 1.22. The Bertz CT molecular complexity index is 3490. The third-order valence-corrected chi connectivity index (χ3v) is 18.6. The fourth-order valence-corrected chi connectivity index (χ4v) is 11.8. The molecule has 0 radical (unpaired) electrons. The SMILES string of the molecule is CC(C)(CO)NC(=O)c1cn(COCC[Si](C)(C)C)c2ncc(-n3nc(C4CCNCC4)c4ccccc43)nc12.CN1CCC(c2nn(-c3cnc4c(n3)c(C(=O)NC(C)(C)CO)cn4COCC[Si](C)(C)C)c3ccccc23)CC1. The smallest absolute Gasteiger partial charge is 0.255 e. The first-order chi connectivity index (χ1) is 38.5. The third kappa shape index (κ3) is 14.2. The summed E-state index contributed by atoms with van der Waals surface area (Å²) in [5, 5.41) is 41.2. The highest BCUT2D eigenvalue weighted by Gasteiger charge is 2.30. The number of para-hydroxylation sites is 2. The lowest BCUT2D eigenvalue weighted by Crippen LogP contribution is -2.46. The molecule has 2 fully saturated rings. The topological polar surface area (TPSA) is 229 Å². The predicted molar refractivity (Wildman–Crippen MR) is 324 cm³/mol. The van der Waals surface area contributed by atoms with Crippen molar-refractivity contribution in [1.29, 1.82) is 0 Å². The van der Waals surface area contributed by atoms with Gasteiger partial charge in [-0.3, -0.25) is 9.59 Å². The third-order valence-electron chi connectivity index (χ3n) is 15.2. The molecule has 2 aliphatic rings. The van der Waals surface area contributed by atoms with Crippen molar-refractivity contribution in [3.05, 3.63) is 95.8 Å². The molecule has 434 valence electrons. The van der Waals surface area contributed by atoms with Gasteiger partial charge in [0.25, 0.3) is 11.8 Å². The molecule has 0 spiro atoms. The molecule has 6 aromatic heterocycles. The van der Waals surface area contributed by atoms with Crippen LogP contribution in [0.5, 0.6) is 0 Å². The van der Waals surface area contributed by atoms with Crippen LogP contribution in [0.2, 0.25) is 51.4 Å². The van der Waals surface area contributed by atoms with Crippen LogP contribution in [0.3, 0.4) is 0 Å². The van der Waals surface area contributed by atoms with Gasteiger partial charge in [0.05, 0.1) is 70.2 Å². The van der Waals surface area contributed by atoms with Gasteiger partial charge in [-0.15, -0.1) is 0 Å². The Balaban J connectivity index is 0.000000196. The quantitative estimate of drug-likeness (QED) is 0.0356. The van der Waals surface area contributed by atoms with Crippen molar-refractivity contribution in [2.24, 2.45) is 0 Å². The van der Waals surface area contributed by atoms with Crippen molar-refractivity contribution >= 4 is 72.1 Å². The minimum Gasteiger partial charge on any atom is -0.394 e. The molecule has 0 aliphatic carbocycles. The Morgan fingerprint density at radius 1 is 0.642 bits per heavy atom. The van der Waals surface area contributed by atoms with E-state index in [1.807, 2.05) is 42.8 Å². The van der Waals surface area contributed by atoms with Crippen molar-refractivity contribution in [2.45, 2.75) is 141 Å². The molecule has 0 bridgehead atoms. The first-order valence-electron chi connectivity index (χ1n) is 28.6. The first-order valence-corrected chi connectivity index (χ1v) is 36.0. The second kappa shape index (κ2) is 24.7. The first kappa shape index (κ1) is 59.4. The molecule has 0 saturated carbocycles. The number of hydrogen-bond donors (Lipinski definition) is 5. The van der Waals surface area contributed by atoms with E-state index in [2.05, 4.69) is 91.4 Å². The number of aliphatic hydroxyl groups excluding tert-OH is 2. The van der Waals surface area contributed by atoms with Crippen molar-refractivity contribution < 1.29 is 29.3 Å². The van der Waals surface area contributed by atoms with Gasteiger partial charge in [0, 0.05) is 64.4 Å². The molecule has 2 aromatic carbocycles. The number of carbonyl (C=O) groups excluding carboxylic acids is 2. The Morgan fingerprint density at radius 3 is 1.46 bits per heavy atom. The number of likely N-dealkylation sites (tertiary alicyclic amines) is 1. The minimum atomic E-state index is -1.24. The van der Waals surface area contributed by atoms with Gasteiger partial charge in [0.15, 0.2) is 22.9 Å². The number of nitrogens with one attached hydrogen (secondary N) is 3. The van der Waals surface area contributed by atoms with Gasteiger partial charge in [0.1, 0.15) is 24.5 Å². The number of aromatic nitrogens is 10. The average Bonchev–Trinajstić information content (AvgIpc) is 4.43. The fraction of sp³-hybridized carbons (Fsp3) is 0.525. The Labute approximate surface area is 477 Å². The highest BCUT2D eigenvalue weighted by molar-refractivity contribution is 6.76. The van der Waals surface area contributed by atoms with E-state index in [1.165, 1.54) is 0 Å². The number of benzene rings is 2.